The Bertz CT molecular complexity index is 356. The molecule has 1 fully saturated rings. The van der Waals surface area contributed by atoms with Crippen LogP contribution in [0.4, 0.5) is 5.82 Å². The van der Waals surface area contributed by atoms with E-state index in [1.165, 1.54) is 32.1 Å². The topological polar surface area (TPSA) is 47.0 Å². The van der Waals surface area contributed by atoms with Crippen molar-refractivity contribution in [1.29, 1.82) is 0 Å². The van der Waals surface area contributed by atoms with Crippen molar-refractivity contribution in [1.82, 2.24) is 9.97 Å². The highest BCUT2D eigenvalue weighted by molar-refractivity contribution is 5.38. The lowest BCUT2D eigenvalue weighted by Crippen LogP contribution is -2.27. The van der Waals surface area contributed by atoms with Crippen LogP contribution < -0.4 is 10.1 Å². The molecule has 2 atom stereocenters. The first-order chi connectivity index (χ1) is 8.31. The van der Waals surface area contributed by atoms with Crippen molar-refractivity contribution in [2.45, 2.75) is 45.1 Å². The number of rotatable bonds is 4. The van der Waals surface area contributed by atoms with Gasteiger partial charge in [-0.3, -0.25) is 0 Å². The van der Waals surface area contributed by atoms with E-state index in [2.05, 4.69) is 22.2 Å². The van der Waals surface area contributed by atoms with Gasteiger partial charge in [0.1, 0.15) is 12.1 Å². The van der Waals surface area contributed by atoms with Gasteiger partial charge in [-0.15, -0.1) is 0 Å². The van der Waals surface area contributed by atoms with Crippen LogP contribution in [0.15, 0.2) is 12.4 Å². The van der Waals surface area contributed by atoms with E-state index in [-0.39, 0.29) is 0 Å². The van der Waals surface area contributed by atoms with Gasteiger partial charge in [0.25, 0.3) is 0 Å². The van der Waals surface area contributed by atoms with Crippen LogP contribution in [-0.4, -0.2) is 23.1 Å². The molecular formula is C13H21N3O. The molecule has 0 radical (unpaired) electrons. The van der Waals surface area contributed by atoms with E-state index in [4.69, 9.17) is 4.74 Å². The van der Waals surface area contributed by atoms with E-state index in [1.807, 2.05) is 6.07 Å². The van der Waals surface area contributed by atoms with Crippen molar-refractivity contribution in [2.75, 3.05) is 12.4 Å². The van der Waals surface area contributed by atoms with Crippen LogP contribution in [0.5, 0.6) is 5.88 Å². The fraction of sp³-hybridized carbons (Fsp3) is 0.692. The van der Waals surface area contributed by atoms with E-state index in [0.717, 1.165) is 11.7 Å². The van der Waals surface area contributed by atoms with Crippen molar-refractivity contribution >= 4 is 5.82 Å². The minimum atomic E-state index is 0.549. The van der Waals surface area contributed by atoms with E-state index in [0.29, 0.717) is 11.9 Å². The summed E-state index contributed by atoms with van der Waals surface area (Å²) >= 11 is 0. The Kier molecular flexibility index (Phi) is 4.18. The summed E-state index contributed by atoms with van der Waals surface area (Å²) in [6.45, 7) is 2.28. The van der Waals surface area contributed by atoms with Gasteiger partial charge in [0.2, 0.25) is 5.88 Å². The molecule has 4 heteroatoms. The quantitative estimate of drug-likeness (QED) is 0.871. The van der Waals surface area contributed by atoms with Crippen molar-refractivity contribution < 1.29 is 4.74 Å². The van der Waals surface area contributed by atoms with Gasteiger partial charge >= 0.3 is 0 Å². The third kappa shape index (κ3) is 3.32. The first kappa shape index (κ1) is 12.1. The highest BCUT2D eigenvalue weighted by Crippen LogP contribution is 2.28. The number of aromatic nitrogens is 2. The van der Waals surface area contributed by atoms with Gasteiger partial charge in [-0.1, -0.05) is 26.2 Å². The van der Waals surface area contributed by atoms with Gasteiger partial charge < -0.3 is 10.1 Å². The maximum Gasteiger partial charge on any atom is 0.218 e. The molecule has 94 valence electrons. The molecule has 2 rings (SSSR count). The average molecular weight is 235 g/mol. The molecule has 1 N–H and O–H groups in total. The predicted molar refractivity (Wildman–Crippen MR) is 68.2 cm³/mol. The third-order valence-electron chi connectivity index (χ3n) is 3.56. The third-order valence-corrected chi connectivity index (χ3v) is 3.56. The highest BCUT2D eigenvalue weighted by Gasteiger charge is 2.20. The predicted octanol–water partition coefficient (Wildman–Crippen LogP) is 2.87. The number of ether oxygens (including phenoxy) is 1. The summed E-state index contributed by atoms with van der Waals surface area (Å²) < 4.78 is 5.10. The Morgan fingerprint density at radius 2 is 2.29 bits per heavy atom. The van der Waals surface area contributed by atoms with E-state index >= 15 is 0 Å². The average Bonchev–Trinajstić information content (AvgIpc) is 2.39. The summed E-state index contributed by atoms with van der Waals surface area (Å²) in [5, 5.41) is 3.49. The van der Waals surface area contributed by atoms with Crippen LogP contribution in [-0.2, 0) is 0 Å². The van der Waals surface area contributed by atoms with Gasteiger partial charge in [0, 0.05) is 12.1 Å². The van der Waals surface area contributed by atoms with Crippen molar-refractivity contribution in [3.8, 4) is 5.88 Å². The Labute approximate surface area is 103 Å². The second-order valence-corrected chi connectivity index (χ2v) is 4.73. The molecule has 1 aliphatic carbocycles. The molecule has 0 amide bonds. The lowest BCUT2D eigenvalue weighted by atomic mass is 9.84. The summed E-state index contributed by atoms with van der Waals surface area (Å²) in [4.78, 5) is 8.24. The number of hydrogen-bond acceptors (Lipinski definition) is 4. The molecule has 0 saturated heterocycles. The molecule has 1 aliphatic rings. The summed E-state index contributed by atoms with van der Waals surface area (Å²) in [6, 6.07) is 2.41. The minimum Gasteiger partial charge on any atom is -0.481 e. The SMILES string of the molecule is CCC1CCCC(Nc2cc(OC)ncn2)C1. The summed E-state index contributed by atoms with van der Waals surface area (Å²) in [6.07, 6.45) is 8.01. The van der Waals surface area contributed by atoms with Crippen LogP contribution in [0.3, 0.4) is 0 Å². The monoisotopic (exact) mass is 235 g/mol. The van der Waals surface area contributed by atoms with Crippen molar-refractivity contribution in [3.05, 3.63) is 12.4 Å². The standard InChI is InChI=1S/C13H21N3O/c1-3-10-5-4-6-11(7-10)16-12-8-13(17-2)15-9-14-12/h8-11H,3-7H2,1-2H3,(H,14,15,16). The van der Waals surface area contributed by atoms with Crippen molar-refractivity contribution in [3.63, 3.8) is 0 Å². The van der Waals surface area contributed by atoms with Gasteiger partial charge in [-0.25, -0.2) is 9.97 Å². The maximum atomic E-state index is 5.10. The molecule has 0 aromatic carbocycles. The highest BCUT2D eigenvalue weighted by atomic mass is 16.5. The Balaban J connectivity index is 1.95. The van der Waals surface area contributed by atoms with Gasteiger partial charge in [0.05, 0.1) is 7.11 Å². The summed E-state index contributed by atoms with van der Waals surface area (Å²) in [5.74, 6) is 2.36. The first-order valence-corrected chi connectivity index (χ1v) is 6.44. The minimum absolute atomic E-state index is 0.549. The molecule has 1 aromatic rings. The largest absolute Gasteiger partial charge is 0.481 e. The van der Waals surface area contributed by atoms with Gasteiger partial charge in [-0.2, -0.15) is 0 Å². The Morgan fingerprint density at radius 1 is 1.41 bits per heavy atom. The van der Waals surface area contributed by atoms with Crippen LogP contribution in [0.1, 0.15) is 39.0 Å². The molecule has 0 aliphatic heterocycles. The van der Waals surface area contributed by atoms with Gasteiger partial charge in [-0.05, 0) is 18.8 Å². The lowest BCUT2D eigenvalue weighted by Gasteiger charge is -2.29. The number of methoxy groups -OCH3 is 1. The Hall–Kier alpha value is -1.32. The summed E-state index contributed by atoms with van der Waals surface area (Å²) in [7, 11) is 1.62. The zero-order valence-corrected chi connectivity index (χ0v) is 10.6. The second-order valence-electron chi connectivity index (χ2n) is 4.73. The zero-order chi connectivity index (χ0) is 12.1. The molecule has 0 bridgehead atoms. The smallest absolute Gasteiger partial charge is 0.218 e. The van der Waals surface area contributed by atoms with E-state index in [1.54, 1.807) is 13.4 Å². The Morgan fingerprint density at radius 3 is 3.06 bits per heavy atom. The van der Waals surface area contributed by atoms with E-state index < -0.39 is 0 Å². The molecular weight excluding hydrogens is 214 g/mol. The van der Waals surface area contributed by atoms with Crippen LogP contribution in [0.25, 0.3) is 0 Å². The fourth-order valence-electron chi connectivity index (χ4n) is 2.53. The number of nitrogens with zero attached hydrogens (tertiary/aromatic N) is 2. The van der Waals surface area contributed by atoms with Crippen LogP contribution in [0.2, 0.25) is 0 Å². The number of nitrogens with one attached hydrogen (secondary N) is 1. The fourth-order valence-corrected chi connectivity index (χ4v) is 2.53. The summed E-state index contributed by atoms with van der Waals surface area (Å²) in [5.41, 5.74) is 0. The lowest BCUT2D eigenvalue weighted by molar-refractivity contribution is 0.327. The molecule has 2 unspecified atom stereocenters. The number of anilines is 1. The van der Waals surface area contributed by atoms with Crippen LogP contribution in [0, 0.1) is 5.92 Å². The van der Waals surface area contributed by atoms with Gasteiger partial charge in [0.15, 0.2) is 0 Å². The second kappa shape index (κ2) is 5.84. The van der Waals surface area contributed by atoms with E-state index in [9.17, 15) is 0 Å². The molecule has 0 spiro atoms. The molecule has 1 saturated carbocycles. The van der Waals surface area contributed by atoms with Crippen LogP contribution >= 0.6 is 0 Å². The zero-order valence-electron chi connectivity index (χ0n) is 10.6. The molecule has 1 heterocycles. The molecule has 1 aromatic heterocycles. The first-order valence-electron chi connectivity index (χ1n) is 6.44. The van der Waals surface area contributed by atoms with Crippen molar-refractivity contribution in [2.24, 2.45) is 5.92 Å². The normalized spacial score (nSPS) is 24.4. The molecule has 4 nitrogen and oxygen atoms in total. The molecule has 17 heavy (non-hydrogen) atoms. The maximum absolute atomic E-state index is 5.10. The number of hydrogen-bond donors (Lipinski definition) is 1.